The number of carboxylic acids is 2. The van der Waals surface area contributed by atoms with Crippen molar-refractivity contribution in [1.29, 1.82) is 0 Å². The summed E-state index contributed by atoms with van der Waals surface area (Å²) >= 11 is 0. The largest absolute Gasteiger partial charge is 0.493 e. The summed E-state index contributed by atoms with van der Waals surface area (Å²) in [6, 6.07) is 3.30. The van der Waals surface area contributed by atoms with Crippen LogP contribution in [-0.4, -0.2) is 47.3 Å². The smallest absolute Gasteiger partial charge is 0.413 e. The Morgan fingerprint density at radius 2 is 1.79 bits per heavy atom. The summed E-state index contributed by atoms with van der Waals surface area (Å²) in [6.45, 7) is 4.50. The Balaban J connectivity index is 2.55. The maximum absolute atomic E-state index is 12.1. The highest BCUT2D eigenvalue weighted by Crippen LogP contribution is 2.28. The Morgan fingerprint density at radius 1 is 1.06 bits per heavy atom. The fourth-order valence-corrected chi connectivity index (χ4v) is 2.91. The zero-order valence-electron chi connectivity index (χ0n) is 19.8. The molecule has 2 amide bonds. The number of unbranched alkanes of at least 4 members (excludes halogenated alkanes) is 2. The molecule has 34 heavy (non-hydrogen) atoms. The van der Waals surface area contributed by atoms with Gasteiger partial charge in [0.15, 0.2) is 11.5 Å². The number of benzene rings is 1. The van der Waals surface area contributed by atoms with Gasteiger partial charge >= 0.3 is 18.0 Å². The van der Waals surface area contributed by atoms with E-state index in [4.69, 9.17) is 19.7 Å². The summed E-state index contributed by atoms with van der Waals surface area (Å²) in [5.41, 5.74) is 0.725. The number of carbonyl (C=O) groups excluding carboxylic acids is 2. The zero-order chi connectivity index (χ0) is 25.5. The van der Waals surface area contributed by atoms with E-state index in [1.165, 1.54) is 13.2 Å². The minimum absolute atomic E-state index is 0.0481. The van der Waals surface area contributed by atoms with E-state index in [2.05, 4.69) is 36.6 Å². The van der Waals surface area contributed by atoms with Crippen LogP contribution in [0.4, 0.5) is 4.79 Å². The second-order valence-electron chi connectivity index (χ2n) is 8.04. The molecule has 0 saturated carbocycles. The van der Waals surface area contributed by atoms with Crippen molar-refractivity contribution in [3.63, 3.8) is 0 Å². The van der Waals surface area contributed by atoms with E-state index in [0.29, 0.717) is 12.3 Å². The standard InChI is InChI=1S/C24H34N2O8/c1-16(2)8-6-4-5-7-9-21(27)25-15-17-10-12-19(20(14-17)33-3)34-24(32)26-18(23(30)31)11-13-22(28)29/h6,8,10,12,14,16,18H,4-5,7,9,11,13,15H2,1-3H3,(H,25,27)(H,26,32)(H,28,29)(H,30,31)/b8-6+/t18-/m0/s1. The van der Waals surface area contributed by atoms with Gasteiger partial charge in [-0.25, -0.2) is 9.59 Å². The third-order valence-electron chi connectivity index (χ3n) is 4.70. The van der Waals surface area contributed by atoms with E-state index in [1.807, 2.05) is 0 Å². The van der Waals surface area contributed by atoms with Gasteiger partial charge in [-0.3, -0.25) is 9.59 Å². The SMILES string of the molecule is COc1cc(CNC(=O)CCCC/C=C/C(C)C)ccc1OC(=O)N[C@@H](CCC(=O)O)C(=O)O. The summed E-state index contributed by atoms with van der Waals surface area (Å²) in [7, 11) is 1.38. The number of carboxylic acid groups (broad SMARTS) is 2. The predicted molar refractivity (Wildman–Crippen MR) is 125 cm³/mol. The van der Waals surface area contributed by atoms with E-state index in [0.717, 1.165) is 24.8 Å². The molecule has 1 aromatic rings. The van der Waals surface area contributed by atoms with Crippen molar-refractivity contribution in [2.75, 3.05) is 7.11 Å². The van der Waals surface area contributed by atoms with Gasteiger partial charge in [-0.05, 0) is 49.3 Å². The van der Waals surface area contributed by atoms with Crippen LogP contribution in [-0.2, 0) is 20.9 Å². The Hall–Kier alpha value is -3.56. The average molecular weight is 479 g/mol. The molecular formula is C24H34N2O8. The molecular weight excluding hydrogens is 444 g/mol. The minimum Gasteiger partial charge on any atom is -0.493 e. The van der Waals surface area contributed by atoms with E-state index >= 15 is 0 Å². The van der Waals surface area contributed by atoms with Crippen LogP contribution in [0.5, 0.6) is 11.5 Å². The fourth-order valence-electron chi connectivity index (χ4n) is 2.91. The molecule has 4 N–H and O–H groups in total. The Labute approximate surface area is 199 Å². The molecule has 0 radical (unpaired) electrons. The summed E-state index contributed by atoms with van der Waals surface area (Å²) in [5, 5.41) is 22.8. The lowest BCUT2D eigenvalue weighted by atomic mass is 10.1. The molecule has 0 heterocycles. The normalized spacial score (nSPS) is 11.8. The number of ether oxygens (including phenoxy) is 2. The molecule has 0 bridgehead atoms. The number of rotatable bonds is 15. The number of amides is 2. The van der Waals surface area contributed by atoms with Crippen molar-refractivity contribution in [2.45, 2.75) is 65.0 Å². The number of methoxy groups -OCH3 is 1. The first-order valence-electron chi connectivity index (χ1n) is 11.2. The molecule has 10 heteroatoms. The van der Waals surface area contributed by atoms with Gasteiger partial charge in [-0.1, -0.05) is 32.1 Å². The third-order valence-corrected chi connectivity index (χ3v) is 4.70. The Morgan fingerprint density at radius 3 is 2.41 bits per heavy atom. The lowest BCUT2D eigenvalue weighted by molar-refractivity contribution is -0.140. The number of carbonyl (C=O) groups is 4. The van der Waals surface area contributed by atoms with E-state index in [9.17, 15) is 19.2 Å². The van der Waals surface area contributed by atoms with Crippen LogP contribution in [0.2, 0.25) is 0 Å². The van der Waals surface area contributed by atoms with Gasteiger partial charge in [-0.2, -0.15) is 0 Å². The fraction of sp³-hybridized carbons (Fsp3) is 0.500. The highest BCUT2D eigenvalue weighted by atomic mass is 16.6. The lowest BCUT2D eigenvalue weighted by Crippen LogP contribution is -2.42. The van der Waals surface area contributed by atoms with Gasteiger partial charge in [0.2, 0.25) is 5.91 Å². The third kappa shape index (κ3) is 11.9. The first-order chi connectivity index (χ1) is 16.1. The average Bonchev–Trinajstić information content (AvgIpc) is 2.77. The van der Waals surface area contributed by atoms with Crippen LogP contribution >= 0.6 is 0 Å². The van der Waals surface area contributed by atoms with Crippen LogP contribution in [0.1, 0.15) is 57.9 Å². The van der Waals surface area contributed by atoms with Gasteiger partial charge in [-0.15, -0.1) is 0 Å². The van der Waals surface area contributed by atoms with E-state index in [1.54, 1.807) is 12.1 Å². The molecule has 0 aliphatic rings. The summed E-state index contributed by atoms with van der Waals surface area (Å²) in [5.74, 6) is -1.82. The van der Waals surface area contributed by atoms with Crippen molar-refractivity contribution in [3.05, 3.63) is 35.9 Å². The van der Waals surface area contributed by atoms with Gasteiger partial charge in [0, 0.05) is 19.4 Å². The minimum atomic E-state index is -1.41. The number of aliphatic carboxylic acids is 2. The molecule has 188 valence electrons. The van der Waals surface area contributed by atoms with E-state index < -0.39 is 30.5 Å². The molecule has 0 spiro atoms. The number of allylic oxidation sites excluding steroid dienone is 2. The quantitative estimate of drug-likeness (QED) is 0.221. The summed E-state index contributed by atoms with van der Waals surface area (Å²) in [6.07, 6.45) is 5.64. The van der Waals surface area contributed by atoms with Gasteiger partial charge < -0.3 is 30.3 Å². The molecule has 1 atom stereocenters. The second kappa shape index (κ2) is 15.3. The molecule has 10 nitrogen and oxygen atoms in total. The first kappa shape index (κ1) is 28.5. The van der Waals surface area contributed by atoms with Crippen molar-refractivity contribution in [2.24, 2.45) is 5.92 Å². The first-order valence-corrected chi connectivity index (χ1v) is 11.2. The summed E-state index contributed by atoms with van der Waals surface area (Å²) in [4.78, 5) is 46.0. The maximum atomic E-state index is 12.1. The van der Waals surface area contributed by atoms with Gasteiger partial charge in [0.05, 0.1) is 7.11 Å². The van der Waals surface area contributed by atoms with Gasteiger partial charge in [0.25, 0.3) is 0 Å². The highest BCUT2D eigenvalue weighted by molar-refractivity contribution is 5.81. The molecule has 0 aliphatic heterocycles. The van der Waals surface area contributed by atoms with Crippen LogP contribution in [0, 0.1) is 5.92 Å². The Kier molecular flexibility index (Phi) is 12.8. The van der Waals surface area contributed by atoms with Crippen molar-refractivity contribution in [3.8, 4) is 11.5 Å². The predicted octanol–water partition coefficient (Wildman–Crippen LogP) is 3.49. The molecule has 0 fully saturated rings. The lowest BCUT2D eigenvalue weighted by Gasteiger charge is -2.15. The van der Waals surface area contributed by atoms with Crippen LogP contribution in [0.3, 0.4) is 0 Å². The van der Waals surface area contributed by atoms with Crippen LogP contribution in [0.25, 0.3) is 0 Å². The molecule has 0 aromatic heterocycles. The van der Waals surface area contributed by atoms with Crippen molar-refractivity contribution < 1.29 is 38.9 Å². The van der Waals surface area contributed by atoms with Crippen LogP contribution < -0.4 is 20.1 Å². The van der Waals surface area contributed by atoms with Gasteiger partial charge in [0.1, 0.15) is 6.04 Å². The monoisotopic (exact) mass is 478 g/mol. The molecule has 0 aliphatic carbocycles. The van der Waals surface area contributed by atoms with Crippen molar-refractivity contribution in [1.82, 2.24) is 10.6 Å². The topological polar surface area (TPSA) is 151 Å². The number of nitrogens with one attached hydrogen (secondary N) is 2. The molecule has 1 rings (SSSR count). The van der Waals surface area contributed by atoms with E-state index in [-0.39, 0.29) is 30.4 Å². The molecule has 1 aromatic carbocycles. The second-order valence-corrected chi connectivity index (χ2v) is 8.04. The molecule has 0 saturated heterocycles. The zero-order valence-corrected chi connectivity index (χ0v) is 19.8. The number of hydrogen-bond donors (Lipinski definition) is 4. The highest BCUT2D eigenvalue weighted by Gasteiger charge is 2.22. The Bertz CT molecular complexity index is 867. The molecule has 0 unspecified atom stereocenters. The van der Waals surface area contributed by atoms with Crippen LogP contribution in [0.15, 0.2) is 30.4 Å². The number of hydrogen-bond acceptors (Lipinski definition) is 6. The maximum Gasteiger partial charge on any atom is 0.413 e. The van der Waals surface area contributed by atoms with Crippen molar-refractivity contribution >= 4 is 23.9 Å². The summed E-state index contributed by atoms with van der Waals surface area (Å²) < 4.78 is 10.4.